The lowest BCUT2D eigenvalue weighted by Crippen LogP contribution is -2.36. The molecule has 3 N–H and O–H groups in total. The number of hydrogen-bond donors (Lipinski definition) is 3. The van der Waals surface area contributed by atoms with Gasteiger partial charge in [0.2, 0.25) is 0 Å². The molecule has 0 unspecified atom stereocenters. The third-order valence-corrected chi connectivity index (χ3v) is 7.10. The van der Waals surface area contributed by atoms with E-state index >= 15 is 0 Å². The second kappa shape index (κ2) is 7.92. The van der Waals surface area contributed by atoms with E-state index in [4.69, 9.17) is 5.11 Å². The summed E-state index contributed by atoms with van der Waals surface area (Å²) in [4.78, 5) is 11.9. The Morgan fingerprint density at radius 3 is 2.33 bits per heavy atom. The van der Waals surface area contributed by atoms with Crippen LogP contribution >= 0.6 is 11.8 Å². The second-order valence-electron chi connectivity index (χ2n) is 7.75. The molecular formula is C25H22O4S. The molecule has 0 fully saturated rings. The largest absolute Gasteiger partial charge is 0.508 e. The van der Waals surface area contributed by atoms with Crippen LogP contribution in [0, 0.1) is 0 Å². The Morgan fingerprint density at radius 2 is 1.67 bits per heavy atom. The molecule has 4 rings (SSSR count). The quantitative estimate of drug-likeness (QED) is 0.495. The number of carboxylic acid groups (broad SMARTS) is 1. The predicted octanol–water partition coefficient (Wildman–Crippen LogP) is 5.39. The van der Waals surface area contributed by atoms with Gasteiger partial charge < -0.3 is 15.3 Å². The smallest absolute Gasteiger partial charge is 0.328 e. The first-order valence-electron chi connectivity index (χ1n) is 9.63. The Kier molecular flexibility index (Phi) is 5.31. The van der Waals surface area contributed by atoms with Gasteiger partial charge in [-0.3, -0.25) is 0 Å². The molecule has 1 aliphatic rings. The molecule has 0 radical (unpaired) electrons. The zero-order valence-corrected chi connectivity index (χ0v) is 17.3. The maximum Gasteiger partial charge on any atom is 0.328 e. The van der Waals surface area contributed by atoms with Crippen molar-refractivity contribution in [3.63, 3.8) is 0 Å². The van der Waals surface area contributed by atoms with Gasteiger partial charge in [0.25, 0.3) is 0 Å². The van der Waals surface area contributed by atoms with E-state index in [1.165, 1.54) is 0 Å². The maximum absolute atomic E-state index is 10.8. The highest BCUT2D eigenvalue weighted by Gasteiger charge is 2.42. The summed E-state index contributed by atoms with van der Waals surface area (Å²) in [5.41, 5.74) is 3.98. The van der Waals surface area contributed by atoms with Crippen molar-refractivity contribution < 1.29 is 20.1 Å². The molecule has 5 heteroatoms. The summed E-state index contributed by atoms with van der Waals surface area (Å²) in [6.45, 7) is 2.23. The molecular weight excluding hydrogens is 396 g/mol. The van der Waals surface area contributed by atoms with E-state index in [9.17, 15) is 15.0 Å². The Morgan fingerprint density at radius 1 is 1.00 bits per heavy atom. The zero-order valence-electron chi connectivity index (χ0n) is 16.4. The molecule has 4 nitrogen and oxygen atoms in total. The maximum atomic E-state index is 10.8. The first-order chi connectivity index (χ1) is 14.4. The number of thioether (sulfide) groups is 1. The summed E-state index contributed by atoms with van der Waals surface area (Å²) in [5.74, 6) is 0.373. The van der Waals surface area contributed by atoms with Gasteiger partial charge in [0.15, 0.2) is 0 Å². The number of benzene rings is 3. The van der Waals surface area contributed by atoms with Crippen LogP contribution in [0.2, 0.25) is 0 Å². The van der Waals surface area contributed by atoms with Gasteiger partial charge in [-0.2, -0.15) is 0 Å². The van der Waals surface area contributed by atoms with E-state index < -0.39 is 5.97 Å². The molecule has 0 aromatic heterocycles. The summed E-state index contributed by atoms with van der Waals surface area (Å²) >= 11 is 1.72. The molecule has 0 saturated carbocycles. The summed E-state index contributed by atoms with van der Waals surface area (Å²) in [7, 11) is 0. The summed E-state index contributed by atoms with van der Waals surface area (Å²) in [5, 5.41) is 28.6. The standard InChI is InChI=1S/C25H22O4S/c1-25(18-7-9-19(26)10-8-18)15-30-22-14-20(27)11-12-21(22)24(25)17-5-2-16(3-6-17)4-13-23(28)29/h2-14,24,26-27H,15H2,1H3,(H,28,29)/b13-4+/t24-,25-/m1/s1. The van der Waals surface area contributed by atoms with Crippen molar-refractivity contribution in [1.82, 2.24) is 0 Å². The monoisotopic (exact) mass is 418 g/mol. The van der Waals surface area contributed by atoms with Gasteiger partial charge in [-0.1, -0.05) is 49.4 Å². The molecule has 1 aliphatic heterocycles. The van der Waals surface area contributed by atoms with Crippen molar-refractivity contribution in [2.75, 3.05) is 5.75 Å². The third kappa shape index (κ3) is 3.81. The van der Waals surface area contributed by atoms with Crippen LogP contribution in [0.4, 0.5) is 0 Å². The fraction of sp³-hybridized carbons (Fsp3) is 0.160. The Bertz CT molecular complexity index is 1100. The van der Waals surface area contributed by atoms with Crippen LogP contribution in [0.15, 0.2) is 77.7 Å². The van der Waals surface area contributed by atoms with Crippen LogP contribution in [0.25, 0.3) is 6.08 Å². The van der Waals surface area contributed by atoms with Crippen molar-refractivity contribution in [3.8, 4) is 11.5 Å². The highest BCUT2D eigenvalue weighted by Crippen LogP contribution is 2.53. The van der Waals surface area contributed by atoms with E-state index in [0.29, 0.717) is 0 Å². The molecule has 30 heavy (non-hydrogen) atoms. The SMILES string of the molecule is C[C@]1(c2ccc(O)cc2)CSc2cc(O)ccc2[C@H]1c1ccc(/C=C/C(=O)O)cc1. The molecule has 1 heterocycles. The van der Waals surface area contributed by atoms with Crippen LogP contribution in [0.5, 0.6) is 11.5 Å². The zero-order chi connectivity index (χ0) is 21.3. The van der Waals surface area contributed by atoms with Gasteiger partial charge >= 0.3 is 5.97 Å². The molecule has 0 aliphatic carbocycles. The van der Waals surface area contributed by atoms with E-state index in [2.05, 4.69) is 6.92 Å². The third-order valence-electron chi connectivity index (χ3n) is 5.69. The first-order valence-corrected chi connectivity index (χ1v) is 10.6. The van der Waals surface area contributed by atoms with Crippen LogP contribution in [0.1, 0.15) is 35.1 Å². The molecule has 0 amide bonds. The fourth-order valence-electron chi connectivity index (χ4n) is 4.15. The van der Waals surface area contributed by atoms with E-state index in [1.54, 1.807) is 36.0 Å². The molecule has 152 valence electrons. The highest BCUT2D eigenvalue weighted by atomic mass is 32.2. The van der Waals surface area contributed by atoms with E-state index in [-0.39, 0.29) is 22.8 Å². The normalized spacial score (nSPS) is 20.8. The van der Waals surface area contributed by atoms with E-state index in [0.717, 1.165) is 39.0 Å². The van der Waals surface area contributed by atoms with Gasteiger partial charge in [0, 0.05) is 28.1 Å². The van der Waals surface area contributed by atoms with Gasteiger partial charge in [0.1, 0.15) is 11.5 Å². The number of phenols is 2. The summed E-state index contributed by atoms with van der Waals surface area (Å²) in [6.07, 6.45) is 2.71. The first kappa shape index (κ1) is 20.1. The van der Waals surface area contributed by atoms with Crippen LogP contribution in [0.3, 0.4) is 0 Å². The minimum Gasteiger partial charge on any atom is -0.508 e. The predicted molar refractivity (Wildman–Crippen MR) is 119 cm³/mol. The van der Waals surface area contributed by atoms with Crippen molar-refractivity contribution >= 4 is 23.8 Å². The van der Waals surface area contributed by atoms with Crippen molar-refractivity contribution in [2.24, 2.45) is 0 Å². The summed E-state index contributed by atoms with van der Waals surface area (Å²) in [6, 6.07) is 20.8. The number of rotatable bonds is 4. The van der Waals surface area contributed by atoms with Gasteiger partial charge in [-0.15, -0.1) is 11.8 Å². The highest BCUT2D eigenvalue weighted by molar-refractivity contribution is 7.99. The number of fused-ring (bicyclic) bond motifs is 1. The fourth-order valence-corrected chi connectivity index (χ4v) is 5.49. The van der Waals surface area contributed by atoms with Crippen LogP contribution in [-0.2, 0) is 10.2 Å². The van der Waals surface area contributed by atoms with Crippen LogP contribution in [-0.4, -0.2) is 27.0 Å². The molecule has 3 aromatic rings. The molecule has 3 aromatic carbocycles. The van der Waals surface area contributed by atoms with Gasteiger partial charge in [-0.25, -0.2) is 4.79 Å². The van der Waals surface area contributed by atoms with Crippen LogP contribution < -0.4 is 0 Å². The second-order valence-corrected chi connectivity index (χ2v) is 8.76. The van der Waals surface area contributed by atoms with Crippen molar-refractivity contribution in [1.29, 1.82) is 0 Å². The van der Waals surface area contributed by atoms with E-state index in [1.807, 2.05) is 48.5 Å². The van der Waals surface area contributed by atoms with Gasteiger partial charge in [0.05, 0.1) is 0 Å². The summed E-state index contributed by atoms with van der Waals surface area (Å²) < 4.78 is 0. The minimum atomic E-state index is -0.975. The number of aliphatic carboxylic acids is 1. The molecule has 0 spiro atoms. The lowest BCUT2D eigenvalue weighted by atomic mass is 9.67. The molecule has 0 bridgehead atoms. The average molecular weight is 419 g/mol. The Balaban J connectivity index is 1.83. The number of aromatic hydroxyl groups is 2. The molecule has 0 saturated heterocycles. The Hall–Kier alpha value is -3.18. The number of carbonyl (C=O) groups is 1. The number of phenolic OH excluding ortho intramolecular Hbond substituents is 2. The lowest BCUT2D eigenvalue weighted by Gasteiger charge is -2.43. The topological polar surface area (TPSA) is 77.8 Å². The molecule has 2 atom stereocenters. The minimum absolute atomic E-state index is 0.0383. The average Bonchev–Trinajstić information content (AvgIpc) is 2.73. The van der Waals surface area contributed by atoms with Crippen molar-refractivity contribution in [3.05, 3.63) is 95.1 Å². The van der Waals surface area contributed by atoms with Crippen molar-refractivity contribution in [2.45, 2.75) is 23.2 Å². The number of hydrogen-bond acceptors (Lipinski definition) is 4. The lowest BCUT2D eigenvalue weighted by molar-refractivity contribution is -0.131. The van der Waals surface area contributed by atoms with Gasteiger partial charge in [-0.05, 0) is 52.6 Å². The Labute approximate surface area is 179 Å². The number of carboxylic acids is 1.